The zero-order valence-corrected chi connectivity index (χ0v) is 8.23. The third kappa shape index (κ3) is 1.42. The average molecular weight is 210 g/mol. The standard InChI is InChI=1S/C8H8ClN5/c1-14-2-5(13-4-14)7-6(10)8(9)12-3-11-7/h2-4H,10H2,1H3. The summed E-state index contributed by atoms with van der Waals surface area (Å²) in [7, 11) is 1.87. The Morgan fingerprint density at radius 1 is 1.36 bits per heavy atom. The predicted molar refractivity (Wildman–Crippen MR) is 53.7 cm³/mol. The number of halogens is 1. The Kier molecular flexibility index (Phi) is 2.09. The summed E-state index contributed by atoms with van der Waals surface area (Å²) in [4.78, 5) is 11.9. The van der Waals surface area contributed by atoms with E-state index >= 15 is 0 Å². The van der Waals surface area contributed by atoms with Crippen LogP contribution in [0.5, 0.6) is 0 Å². The molecule has 2 aromatic rings. The first-order chi connectivity index (χ1) is 6.68. The number of nitrogen functional groups attached to an aromatic ring is 1. The third-order valence-electron chi connectivity index (χ3n) is 1.78. The van der Waals surface area contributed by atoms with Gasteiger partial charge in [-0.05, 0) is 0 Å². The van der Waals surface area contributed by atoms with Gasteiger partial charge in [-0.25, -0.2) is 15.0 Å². The van der Waals surface area contributed by atoms with Crippen LogP contribution in [-0.2, 0) is 7.05 Å². The van der Waals surface area contributed by atoms with Crippen LogP contribution >= 0.6 is 11.6 Å². The Bertz CT molecular complexity index is 465. The SMILES string of the molecule is Cn1cnc(-c2ncnc(Cl)c2N)c1. The fourth-order valence-electron chi connectivity index (χ4n) is 1.11. The number of anilines is 1. The molecule has 0 spiro atoms. The minimum atomic E-state index is 0.251. The van der Waals surface area contributed by atoms with Crippen LogP contribution in [0.1, 0.15) is 0 Å². The Morgan fingerprint density at radius 3 is 2.79 bits per heavy atom. The molecule has 0 aliphatic carbocycles. The predicted octanol–water partition coefficient (Wildman–Crippen LogP) is 1.11. The lowest BCUT2D eigenvalue weighted by atomic mass is 10.3. The lowest BCUT2D eigenvalue weighted by molar-refractivity contribution is 0.913. The van der Waals surface area contributed by atoms with Crippen molar-refractivity contribution < 1.29 is 0 Å². The zero-order chi connectivity index (χ0) is 10.1. The van der Waals surface area contributed by atoms with Crippen molar-refractivity contribution in [3.63, 3.8) is 0 Å². The van der Waals surface area contributed by atoms with Gasteiger partial charge in [0.05, 0.1) is 12.0 Å². The minimum Gasteiger partial charge on any atom is -0.394 e. The van der Waals surface area contributed by atoms with Crippen molar-refractivity contribution in [1.29, 1.82) is 0 Å². The summed E-state index contributed by atoms with van der Waals surface area (Å²) in [6, 6.07) is 0. The van der Waals surface area contributed by atoms with E-state index in [2.05, 4.69) is 15.0 Å². The molecule has 0 aromatic carbocycles. The van der Waals surface area contributed by atoms with Crippen molar-refractivity contribution in [3.05, 3.63) is 24.0 Å². The van der Waals surface area contributed by atoms with E-state index in [9.17, 15) is 0 Å². The van der Waals surface area contributed by atoms with Crippen LogP contribution in [0.15, 0.2) is 18.9 Å². The van der Waals surface area contributed by atoms with E-state index in [-0.39, 0.29) is 5.15 Å². The Labute approximate surface area is 85.6 Å². The van der Waals surface area contributed by atoms with Crippen LogP contribution in [0.3, 0.4) is 0 Å². The third-order valence-corrected chi connectivity index (χ3v) is 2.08. The molecule has 0 aliphatic heterocycles. The highest BCUT2D eigenvalue weighted by Gasteiger charge is 2.10. The first-order valence-electron chi connectivity index (χ1n) is 3.93. The molecular weight excluding hydrogens is 202 g/mol. The van der Waals surface area contributed by atoms with Crippen molar-refractivity contribution >= 4 is 17.3 Å². The van der Waals surface area contributed by atoms with Crippen LogP contribution in [0.2, 0.25) is 5.15 Å². The van der Waals surface area contributed by atoms with Crippen LogP contribution in [0.25, 0.3) is 11.4 Å². The molecule has 14 heavy (non-hydrogen) atoms. The number of aromatic nitrogens is 4. The van der Waals surface area contributed by atoms with Crippen molar-refractivity contribution in [2.75, 3.05) is 5.73 Å². The Hall–Kier alpha value is -1.62. The van der Waals surface area contributed by atoms with Gasteiger partial charge in [-0.2, -0.15) is 0 Å². The maximum absolute atomic E-state index is 5.76. The summed E-state index contributed by atoms with van der Waals surface area (Å²) in [5.41, 5.74) is 7.32. The quantitative estimate of drug-likeness (QED) is 0.715. The summed E-state index contributed by atoms with van der Waals surface area (Å²) < 4.78 is 1.81. The fraction of sp³-hybridized carbons (Fsp3) is 0.125. The van der Waals surface area contributed by atoms with E-state index in [0.717, 1.165) is 0 Å². The number of hydrogen-bond acceptors (Lipinski definition) is 4. The number of rotatable bonds is 1. The fourth-order valence-corrected chi connectivity index (χ4v) is 1.25. The normalized spacial score (nSPS) is 10.4. The molecule has 2 rings (SSSR count). The summed E-state index contributed by atoms with van der Waals surface area (Å²) >= 11 is 5.76. The highest BCUT2D eigenvalue weighted by Crippen LogP contribution is 2.25. The van der Waals surface area contributed by atoms with Crippen molar-refractivity contribution in [3.8, 4) is 11.4 Å². The van der Waals surface area contributed by atoms with Crippen LogP contribution in [0.4, 0.5) is 5.69 Å². The lowest BCUT2D eigenvalue weighted by Gasteiger charge is -2.01. The molecule has 2 N–H and O–H groups in total. The Morgan fingerprint density at radius 2 is 2.14 bits per heavy atom. The molecule has 5 nitrogen and oxygen atoms in total. The number of hydrogen-bond donors (Lipinski definition) is 1. The molecular formula is C8H8ClN5. The molecule has 0 radical (unpaired) electrons. The van der Waals surface area contributed by atoms with Gasteiger partial charge in [-0.1, -0.05) is 11.6 Å². The molecule has 2 aromatic heterocycles. The molecule has 0 fully saturated rings. The maximum Gasteiger partial charge on any atom is 0.156 e. The monoisotopic (exact) mass is 209 g/mol. The zero-order valence-electron chi connectivity index (χ0n) is 7.48. The summed E-state index contributed by atoms with van der Waals surface area (Å²) in [6.45, 7) is 0. The topological polar surface area (TPSA) is 69.6 Å². The number of imidazole rings is 1. The molecule has 72 valence electrons. The molecule has 0 amide bonds. The minimum absolute atomic E-state index is 0.251. The van der Waals surface area contributed by atoms with Gasteiger partial charge in [0.1, 0.15) is 17.7 Å². The first kappa shape index (κ1) is 8.96. The molecule has 0 saturated carbocycles. The number of aryl methyl sites for hydroxylation is 1. The van der Waals surface area contributed by atoms with E-state index in [1.807, 2.05) is 17.8 Å². The van der Waals surface area contributed by atoms with Crippen LogP contribution < -0.4 is 5.73 Å². The van der Waals surface area contributed by atoms with Crippen LogP contribution in [-0.4, -0.2) is 19.5 Å². The summed E-state index contributed by atoms with van der Waals surface area (Å²) in [5.74, 6) is 0. The van der Waals surface area contributed by atoms with E-state index in [4.69, 9.17) is 17.3 Å². The van der Waals surface area contributed by atoms with E-state index in [1.54, 1.807) is 6.33 Å². The number of nitrogens with zero attached hydrogens (tertiary/aromatic N) is 4. The largest absolute Gasteiger partial charge is 0.394 e. The average Bonchev–Trinajstić information content (AvgIpc) is 2.57. The van der Waals surface area contributed by atoms with Gasteiger partial charge in [0.25, 0.3) is 0 Å². The van der Waals surface area contributed by atoms with Gasteiger partial charge < -0.3 is 10.3 Å². The first-order valence-corrected chi connectivity index (χ1v) is 4.30. The van der Waals surface area contributed by atoms with Crippen LogP contribution in [0, 0.1) is 0 Å². The molecule has 0 atom stereocenters. The van der Waals surface area contributed by atoms with Gasteiger partial charge in [0.2, 0.25) is 0 Å². The van der Waals surface area contributed by atoms with Gasteiger partial charge >= 0.3 is 0 Å². The Balaban J connectivity index is 2.57. The molecule has 0 bridgehead atoms. The second kappa shape index (κ2) is 3.26. The highest BCUT2D eigenvalue weighted by molar-refractivity contribution is 6.32. The van der Waals surface area contributed by atoms with Gasteiger partial charge in [0.15, 0.2) is 5.15 Å². The van der Waals surface area contributed by atoms with E-state index in [1.165, 1.54) is 6.33 Å². The van der Waals surface area contributed by atoms with Crippen molar-refractivity contribution in [2.45, 2.75) is 0 Å². The van der Waals surface area contributed by atoms with Crippen molar-refractivity contribution in [1.82, 2.24) is 19.5 Å². The van der Waals surface area contributed by atoms with Gasteiger partial charge in [-0.15, -0.1) is 0 Å². The summed E-state index contributed by atoms with van der Waals surface area (Å²) in [5, 5.41) is 0.251. The van der Waals surface area contributed by atoms with E-state index in [0.29, 0.717) is 17.1 Å². The van der Waals surface area contributed by atoms with E-state index < -0.39 is 0 Å². The summed E-state index contributed by atoms with van der Waals surface area (Å²) in [6.07, 6.45) is 4.85. The molecule has 0 unspecified atom stereocenters. The molecule has 0 aliphatic rings. The highest BCUT2D eigenvalue weighted by atomic mass is 35.5. The second-order valence-electron chi connectivity index (χ2n) is 2.85. The molecule has 6 heteroatoms. The second-order valence-corrected chi connectivity index (χ2v) is 3.21. The maximum atomic E-state index is 5.76. The number of nitrogens with two attached hydrogens (primary N) is 1. The molecule has 2 heterocycles. The lowest BCUT2D eigenvalue weighted by Crippen LogP contribution is -1.96. The van der Waals surface area contributed by atoms with Gasteiger partial charge in [0, 0.05) is 13.2 Å². The van der Waals surface area contributed by atoms with Gasteiger partial charge in [-0.3, -0.25) is 0 Å². The van der Waals surface area contributed by atoms with Crippen molar-refractivity contribution in [2.24, 2.45) is 7.05 Å². The smallest absolute Gasteiger partial charge is 0.156 e. The molecule has 0 saturated heterocycles.